The molecule has 3 rings (SSSR count). The number of hydrogen-bond acceptors (Lipinski definition) is 7. The molecule has 0 radical (unpaired) electrons. The number of carbonyl (C=O) groups is 3. The summed E-state index contributed by atoms with van der Waals surface area (Å²) in [6.45, 7) is 1.55. The van der Waals surface area contributed by atoms with Crippen LogP contribution in [0.1, 0.15) is 24.9 Å². The molecular formula is C20H15F2N3O7. The number of urea groups is 1. The molecule has 12 heteroatoms. The van der Waals surface area contributed by atoms with E-state index in [9.17, 15) is 33.3 Å². The van der Waals surface area contributed by atoms with Crippen molar-refractivity contribution >= 4 is 29.5 Å². The number of carbonyl (C=O) groups excluding carboxylic acids is 3. The number of nitrogens with zero attached hydrogens (tertiary/aromatic N) is 3. The minimum Gasteiger partial charge on any atom is -0.462 e. The van der Waals surface area contributed by atoms with Gasteiger partial charge in [0.1, 0.15) is 11.5 Å². The highest BCUT2D eigenvalue weighted by Crippen LogP contribution is 2.32. The predicted octanol–water partition coefficient (Wildman–Crippen LogP) is 3.94. The van der Waals surface area contributed by atoms with E-state index in [-0.39, 0.29) is 35.7 Å². The molecule has 0 saturated carbocycles. The van der Waals surface area contributed by atoms with Crippen LogP contribution >= 0.6 is 0 Å². The number of hydrogen-bond donors (Lipinski definition) is 0. The first kappa shape index (κ1) is 22.5. The van der Waals surface area contributed by atoms with Gasteiger partial charge in [0.15, 0.2) is 11.6 Å². The first-order chi connectivity index (χ1) is 15.2. The van der Waals surface area contributed by atoms with E-state index in [0.717, 1.165) is 42.5 Å². The quantitative estimate of drug-likeness (QED) is 0.386. The van der Waals surface area contributed by atoms with E-state index < -0.39 is 40.7 Å². The summed E-state index contributed by atoms with van der Waals surface area (Å²) in [4.78, 5) is 51.6. The molecule has 1 aliphatic rings. The summed E-state index contributed by atoms with van der Waals surface area (Å²) in [5.41, 5.74) is -0.539. The zero-order valence-corrected chi connectivity index (χ0v) is 16.5. The van der Waals surface area contributed by atoms with Gasteiger partial charge in [-0.25, -0.2) is 28.1 Å². The predicted molar refractivity (Wildman–Crippen MR) is 104 cm³/mol. The van der Waals surface area contributed by atoms with Crippen molar-refractivity contribution in [1.29, 1.82) is 0 Å². The Morgan fingerprint density at radius 2 is 1.88 bits per heavy atom. The van der Waals surface area contributed by atoms with E-state index in [1.54, 1.807) is 6.92 Å². The largest absolute Gasteiger partial charge is 0.462 e. The summed E-state index contributed by atoms with van der Waals surface area (Å²) in [6.07, 6.45) is -1.56. The molecule has 0 bridgehead atoms. The Hall–Kier alpha value is -4.22. The Balaban J connectivity index is 1.94. The summed E-state index contributed by atoms with van der Waals surface area (Å²) >= 11 is 0. The molecule has 1 aliphatic heterocycles. The van der Waals surface area contributed by atoms with Gasteiger partial charge in [0.25, 0.3) is 5.69 Å². The van der Waals surface area contributed by atoms with Gasteiger partial charge in [-0.3, -0.25) is 10.1 Å². The molecule has 0 aromatic heterocycles. The highest BCUT2D eigenvalue weighted by atomic mass is 19.2. The minimum absolute atomic E-state index is 0.00772. The molecule has 10 nitrogen and oxygen atoms in total. The van der Waals surface area contributed by atoms with Gasteiger partial charge in [0.05, 0.1) is 17.6 Å². The van der Waals surface area contributed by atoms with E-state index in [2.05, 4.69) is 4.99 Å². The standard InChI is InChI=1S/C20H15F2N3O7/c1-2-31-18(26)16-10-17(11-3-8-14(21)15(22)9-11)24(19(27)23-16)20(28)32-13-6-4-12(5-7-13)25(29)30/h3-9,17H,2,10H2,1H3. The molecule has 1 heterocycles. The molecule has 3 amide bonds. The van der Waals surface area contributed by atoms with Crippen LogP contribution < -0.4 is 4.74 Å². The van der Waals surface area contributed by atoms with Crippen molar-refractivity contribution in [2.45, 2.75) is 19.4 Å². The van der Waals surface area contributed by atoms with Crippen molar-refractivity contribution in [2.24, 2.45) is 4.99 Å². The maximum Gasteiger partial charge on any atom is 0.424 e. The average molecular weight is 447 g/mol. The van der Waals surface area contributed by atoms with Crippen LogP contribution in [0.4, 0.5) is 24.1 Å². The topological polar surface area (TPSA) is 128 Å². The highest BCUT2D eigenvalue weighted by Gasteiger charge is 2.39. The normalized spacial score (nSPS) is 15.7. The molecule has 0 fully saturated rings. The van der Waals surface area contributed by atoms with Gasteiger partial charge < -0.3 is 9.47 Å². The maximum absolute atomic E-state index is 13.8. The third kappa shape index (κ3) is 4.74. The van der Waals surface area contributed by atoms with Gasteiger partial charge in [-0.05, 0) is 36.8 Å². The lowest BCUT2D eigenvalue weighted by Crippen LogP contribution is -2.45. The fourth-order valence-electron chi connectivity index (χ4n) is 2.94. The molecule has 2 aromatic rings. The number of imide groups is 1. The number of aliphatic imine (C=N–C) groups is 1. The SMILES string of the molecule is CCOC(=O)C1=NC(=O)N(C(=O)Oc2ccc([N+](=O)[O-])cc2)C(c2ccc(F)c(F)c2)C1. The van der Waals surface area contributed by atoms with Crippen LogP contribution in [0.3, 0.4) is 0 Å². The molecule has 0 saturated heterocycles. The van der Waals surface area contributed by atoms with Crippen molar-refractivity contribution in [3.8, 4) is 5.75 Å². The van der Waals surface area contributed by atoms with E-state index in [0.29, 0.717) is 4.90 Å². The number of esters is 1. The Morgan fingerprint density at radius 1 is 1.19 bits per heavy atom. The Bertz CT molecular complexity index is 1120. The fraction of sp³-hybridized carbons (Fsp3) is 0.200. The summed E-state index contributed by atoms with van der Waals surface area (Å²) in [6, 6.07) is 4.78. The fourth-order valence-corrected chi connectivity index (χ4v) is 2.94. The molecule has 0 N–H and O–H groups in total. The number of nitro benzene ring substituents is 1. The number of benzene rings is 2. The second kappa shape index (κ2) is 9.29. The van der Waals surface area contributed by atoms with E-state index in [1.165, 1.54) is 0 Å². The summed E-state index contributed by atoms with van der Waals surface area (Å²) in [5.74, 6) is -3.37. The second-order valence-electron chi connectivity index (χ2n) is 6.44. The lowest BCUT2D eigenvalue weighted by molar-refractivity contribution is -0.384. The van der Waals surface area contributed by atoms with Crippen LogP contribution in [0.5, 0.6) is 5.75 Å². The number of rotatable bonds is 5. The first-order valence-electron chi connectivity index (χ1n) is 9.20. The van der Waals surface area contributed by atoms with Gasteiger partial charge in [-0.2, -0.15) is 4.99 Å². The van der Waals surface area contributed by atoms with Crippen molar-refractivity contribution in [3.05, 3.63) is 69.8 Å². The zero-order valence-electron chi connectivity index (χ0n) is 16.5. The molecule has 0 spiro atoms. The zero-order chi connectivity index (χ0) is 23.4. The molecule has 1 unspecified atom stereocenters. The van der Waals surface area contributed by atoms with Crippen LogP contribution in [-0.2, 0) is 9.53 Å². The van der Waals surface area contributed by atoms with Crippen molar-refractivity contribution in [2.75, 3.05) is 6.61 Å². The van der Waals surface area contributed by atoms with E-state index in [1.807, 2.05) is 0 Å². The summed E-state index contributed by atoms with van der Waals surface area (Å²) in [5, 5.41) is 10.7. The molecular weight excluding hydrogens is 432 g/mol. The van der Waals surface area contributed by atoms with Crippen LogP contribution in [0.2, 0.25) is 0 Å². The third-order valence-corrected chi connectivity index (χ3v) is 4.42. The van der Waals surface area contributed by atoms with Crippen LogP contribution in [0.25, 0.3) is 0 Å². The Morgan fingerprint density at radius 3 is 2.47 bits per heavy atom. The van der Waals surface area contributed by atoms with Crippen LogP contribution in [-0.4, -0.2) is 40.2 Å². The monoisotopic (exact) mass is 447 g/mol. The number of nitro groups is 1. The van der Waals surface area contributed by atoms with E-state index >= 15 is 0 Å². The first-order valence-corrected chi connectivity index (χ1v) is 9.20. The number of ether oxygens (including phenoxy) is 2. The van der Waals surface area contributed by atoms with Gasteiger partial charge in [-0.1, -0.05) is 6.07 Å². The van der Waals surface area contributed by atoms with Crippen molar-refractivity contribution in [3.63, 3.8) is 0 Å². The molecule has 0 aliphatic carbocycles. The van der Waals surface area contributed by atoms with Gasteiger partial charge in [0.2, 0.25) is 0 Å². The lowest BCUT2D eigenvalue weighted by Gasteiger charge is -2.31. The Kier molecular flexibility index (Phi) is 6.52. The minimum atomic E-state index is -1.25. The van der Waals surface area contributed by atoms with Gasteiger partial charge in [-0.15, -0.1) is 0 Å². The summed E-state index contributed by atoms with van der Waals surface area (Å²) in [7, 11) is 0. The maximum atomic E-state index is 13.8. The van der Waals surface area contributed by atoms with Crippen molar-refractivity contribution < 1.29 is 37.6 Å². The van der Waals surface area contributed by atoms with Crippen molar-refractivity contribution in [1.82, 2.24) is 4.90 Å². The number of halogens is 2. The average Bonchev–Trinajstić information content (AvgIpc) is 2.75. The molecule has 32 heavy (non-hydrogen) atoms. The Labute approximate surface area is 179 Å². The highest BCUT2D eigenvalue weighted by molar-refractivity contribution is 6.39. The summed E-state index contributed by atoms with van der Waals surface area (Å²) < 4.78 is 37.1. The van der Waals surface area contributed by atoms with Crippen LogP contribution in [0, 0.1) is 21.7 Å². The molecule has 2 aromatic carbocycles. The smallest absolute Gasteiger partial charge is 0.424 e. The van der Waals surface area contributed by atoms with Gasteiger partial charge >= 0.3 is 18.1 Å². The number of amides is 3. The molecule has 166 valence electrons. The molecule has 1 atom stereocenters. The number of non-ortho nitro benzene ring substituents is 1. The second-order valence-corrected chi connectivity index (χ2v) is 6.44. The van der Waals surface area contributed by atoms with Gasteiger partial charge in [0, 0.05) is 18.6 Å². The van der Waals surface area contributed by atoms with E-state index in [4.69, 9.17) is 9.47 Å². The third-order valence-electron chi connectivity index (χ3n) is 4.42. The van der Waals surface area contributed by atoms with Crippen LogP contribution in [0.15, 0.2) is 47.5 Å². The lowest BCUT2D eigenvalue weighted by atomic mass is 9.98.